The van der Waals surface area contributed by atoms with E-state index in [1.54, 1.807) is 0 Å². The summed E-state index contributed by atoms with van der Waals surface area (Å²) >= 11 is 0. The standard InChI is InChI=1S/C25H30FN3O3/c1-32-25(31)15-24(30)29-17-20(23(18-29)19-5-3-2-4-6-19)16-27-11-13-28(14-12-27)22-9-7-21(26)8-10-22/h2-10,20,23H,11-18H2,1H3/t20-,23-/m0/s1. The lowest BCUT2D eigenvalue weighted by atomic mass is 9.88. The number of rotatable bonds is 6. The van der Waals surface area contributed by atoms with Gasteiger partial charge in [-0.1, -0.05) is 30.3 Å². The van der Waals surface area contributed by atoms with E-state index in [1.165, 1.54) is 24.8 Å². The molecular formula is C25H30FN3O3. The van der Waals surface area contributed by atoms with Crippen LogP contribution >= 0.6 is 0 Å². The Bertz CT molecular complexity index is 914. The first-order valence-electron chi connectivity index (χ1n) is 11.2. The molecule has 0 N–H and O–H groups in total. The van der Waals surface area contributed by atoms with Gasteiger partial charge in [0.25, 0.3) is 0 Å². The molecular weight excluding hydrogens is 409 g/mol. The molecule has 0 radical (unpaired) electrons. The Morgan fingerprint density at radius 1 is 0.969 bits per heavy atom. The molecule has 2 aromatic rings. The van der Waals surface area contributed by atoms with Crippen LogP contribution in [0.1, 0.15) is 17.9 Å². The van der Waals surface area contributed by atoms with Crippen LogP contribution in [-0.2, 0) is 14.3 Å². The van der Waals surface area contributed by atoms with Gasteiger partial charge < -0.3 is 14.5 Å². The molecule has 0 aliphatic carbocycles. The van der Waals surface area contributed by atoms with E-state index >= 15 is 0 Å². The predicted molar refractivity (Wildman–Crippen MR) is 121 cm³/mol. The van der Waals surface area contributed by atoms with Gasteiger partial charge in [0.2, 0.25) is 5.91 Å². The SMILES string of the molecule is COC(=O)CC(=O)N1C[C@H](CN2CCN(c3ccc(F)cc3)CC2)[C@H](c2ccccc2)C1. The fourth-order valence-corrected chi connectivity index (χ4v) is 4.82. The van der Waals surface area contributed by atoms with Crippen molar-refractivity contribution in [2.45, 2.75) is 12.3 Å². The van der Waals surface area contributed by atoms with E-state index in [2.05, 4.69) is 26.7 Å². The van der Waals surface area contributed by atoms with Crippen molar-refractivity contribution in [2.75, 3.05) is 57.8 Å². The van der Waals surface area contributed by atoms with Crippen LogP contribution in [0.3, 0.4) is 0 Å². The van der Waals surface area contributed by atoms with Gasteiger partial charge in [-0.25, -0.2) is 4.39 Å². The quantitative estimate of drug-likeness (QED) is 0.512. The number of halogens is 1. The van der Waals surface area contributed by atoms with Gasteiger partial charge in [0.05, 0.1) is 7.11 Å². The molecule has 0 spiro atoms. The van der Waals surface area contributed by atoms with Gasteiger partial charge in [-0.05, 0) is 35.7 Å². The van der Waals surface area contributed by atoms with Gasteiger partial charge in [0, 0.05) is 57.4 Å². The lowest BCUT2D eigenvalue weighted by Gasteiger charge is -2.37. The highest BCUT2D eigenvalue weighted by atomic mass is 19.1. The Morgan fingerprint density at radius 2 is 1.66 bits per heavy atom. The summed E-state index contributed by atoms with van der Waals surface area (Å²) in [7, 11) is 1.31. The summed E-state index contributed by atoms with van der Waals surface area (Å²) in [6.07, 6.45) is -0.207. The Hall–Kier alpha value is -2.93. The van der Waals surface area contributed by atoms with Crippen molar-refractivity contribution >= 4 is 17.6 Å². The van der Waals surface area contributed by atoms with Gasteiger partial charge in [0.15, 0.2) is 0 Å². The molecule has 170 valence electrons. The highest BCUT2D eigenvalue weighted by Gasteiger charge is 2.37. The van der Waals surface area contributed by atoms with Crippen molar-refractivity contribution in [3.8, 4) is 0 Å². The molecule has 2 saturated heterocycles. The number of anilines is 1. The van der Waals surface area contributed by atoms with Gasteiger partial charge >= 0.3 is 5.97 Å². The number of piperazine rings is 1. The first-order valence-corrected chi connectivity index (χ1v) is 11.2. The monoisotopic (exact) mass is 439 g/mol. The molecule has 0 unspecified atom stereocenters. The Kier molecular flexibility index (Phi) is 7.05. The Labute approximate surface area is 188 Å². The van der Waals surface area contributed by atoms with Gasteiger partial charge in [-0.3, -0.25) is 14.5 Å². The molecule has 6 nitrogen and oxygen atoms in total. The van der Waals surface area contributed by atoms with Crippen molar-refractivity contribution in [3.05, 3.63) is 66.0 Å². The van der Waals surface area contributed by atoms with E-state index < -0.39 is 5.97 Å². The van der Waals surface area contributed by atoms with Crippen LogP contribution in [0.15, 0.2) is 54.6 Å². The molecule has 0 saturated carbocycles. The van der Waals surface area contributed by atoms with Crippen LogP contribution in [0.4, 0.5) is 10.1 Å². The zero-order valence-corrected chi connectivity index (χ0v) is 18.5. The first kappa shape index (κ1) is 22.3. The maximum absolute atomic E-state index is 13.2. The van der Waals surface area contributed by atoms with Crippen LogP contribution in [-0.4, -0.2) is 74.6 Å². The van der Waals surface area contributed by atoms with Crippen LogP contribution in [0.5, 0.6) is 0 Å². The maximum atomic E-state index is 13.2. The number of esters is 1. The third kappa shape index (κ3) is 5.27. The summed E-state index contributed by atoms with van der Waals surface area (Å²) in [5.41, 5.74) is 2.28. The fraction of sp³-hybridized carbons (Fsp3) is 0.440. The normalized spacial score (nSPS) is 21.6. The number of ether oxygens (including phenoxy) is 1. The second-order valence-corrected chi connectivity index (χ2v) is 8.59. The topological polar surface area (TPSA) is 53.1 Å². The molecule has 2 aliphatic rings. The molecule has 2 atom stereocenters. The number of hydrogen-bond donors (Lipinski definition) is 0. The third-order valence-corrected chi connectivity index (χ3v) is 6.60. The number of amides is 1. The molecule has 2 fully saturated rings. The third-order valence-electron chi connectivity index (χ3n) is 6.60. The van der Waals surface area contributed by atoms with Gasteiger partial charge in [-0.2, -0.15) is 0 Å². The predicted octanol–water partition coefficient (Wildman–Crippen LogP) is 2.75. The number of nitrogens with zero attached hydrogens (tertiary/aromatic N) is 3. The minimum Gasteiger partial charge on any atom is -0.469 e. The summed E-state index contributed by atoms with van der Waals surface area (Å²) < 4.78 is 17.9. The molecule has 1 amide bonds. The van der Waals surface area contributed by atoms with Crippen molar-refractivity contribution < 1.29 is 18.7 Å². The van der Waals surface area contributed by atoms with E-state index in [4.69, 9.17) is 0 Å². The zero-order chi connectivity index (χ0) is 22.5. The number of likely N-dealkylation sites (tertiary alicyclic amines) is 1. The highest BCUT2D eigenvalue weighted by Crippen LogP contribution is 2.34. The summed E-state index contributed by atoms with van der Waals surface area (Å²) in [6.45, 7) is 5.79. The van der Waals surface area contributed by atoms with Crippen LogP contribution in [0.25, 0.3) is 0 Å². The second-order valence-electron chi connectivity index (χ2n) is 8.59. The molecule has 0 bridgehead atoms. The number of carbonyl (C=O) groups is 2. The van der Waals surface area contributed by atoms with E-state index in [-0.39, 0.29) is 24.1 Å². The number of benzene rings is 2. The molecule has 2 aliphatic heterocycles. The summed E-state index contributed by atoms with van der Waals surface area (Å²) in [5, 5.41) is 0. The van der Waals surface area contributed by atoms with Crippen molar-refractivity contribution in [3.63, 3.8) is 0 Å². The van der Waals surface area contributed by atoms with Crippen LogP contribution < -0.4 is 4.90 Å². The molecule has 2 heterocycles. The minimum atomic E-state index is -0.494. The fourth-order valence-electron chi connectivity index (χ4n) is 4.82. The Morgan fingerprint density at radius 3 is 2.31 bits per heavy atom. The van der Waals surface area contributed by atoms with E-state index in [0.717, 1.165) is 38.4 Å². The van der Waals surface area contributed by atoms with E-state index in [1.807, 2.05) is 35.2 Å². The van der Waals surface area contributed by atoms with Crippen molar-refractivity contribution in [1.29, 1.82) is 0 Å². The lowest BCUT2D eigenvalue weighted by molar-refractivity contribution is -0.146. The molecule has 4 rings (SSSR count). The second kappa shape index (κ2) is 10.1. The van der Waals surface area contributed by atoms with E-state index in [0.29, 0.717) is 19.0 Å². The largest absolute Gasteiger partial charge is 0.469 e. The number of hydrogen-bond acceptors (Lipinski definition) is 5. The summed E-state index contributed by atoms with van der Waals surface area (Å²) in [5.74, 6) is -0.329. The smallest absolute Gasteiger partial charge is 0.315 e. The number of methoxy groups -OCH3 is 1. The average Bonchev–Trinajstić information content (AvgIpc) is 3.24. The molecule has 7 heteroatoms. The zero-order valence-electron chi connectivity index (χ0n) is 18.5. The van der Waals surface area contributed by atoms with Gasteiger partial charge in [0.1, 0.15) is 12.2 Å². The highest BCUT2D eigenvalue weighted by molar-refractivity contribution is 5.94. The Balaban J connectivity index is 1.39. The molecule has 2 aromatic carbocycles. The first-order chi connectivity index (χ1) is 15.5. The lowest BCUT2D eigenvalue weighted by Crippen LogP contribution is -2.48. The number of carbonyl (C=O) groups excluding carboxylic acids is 2. The van der Waals surface area contributed by atoms with Crippen LogP contribution in [0, 0.1) is 11.7 Å². The summed E-state index contributed by atoms with van der Waals surface area (Å²) in [4.78, 5) is 30.8. The van der Waals surface area contributed by atoms with Crippen LogP contribution in [0.2, 0.25) is 0 Å². The maximum Gasteiger partial charge on any atom is 0.315 e. The van der Waals surface area contributed by atoms with Crippen molar-refractivity contribution in [1.82, 2.24) is 9.80 Å². The minimum absolute atomic E-state index is 0.165. The average molecular weight is 440 g/mol. The summed E-state index contributed by atoms with van der Waals surface area (Å²) in [6, 6.07) is 17.0. The molecule has 0 aromatic heterocycles. The van der Waals surface area contributed by atoms with E-state index in [9.17, 15) is 14.0 Å². The van der Waals surface area contributed by atoms with Crippen molar-refractivity contribution in [2.24, 2.45) is 5.92 Å². The molecule has 32 heavy (non-hydrogen) atoms. The van der Waals surface area contributed by atoms with Gasteiger partial charge in [-0.15, -0.1) is 0 Å².